The fourth-order valence-corrected chi connectivity index (χ4v) is 1.51. The van der Waals surface area contributed by atoms with Crippen molar-refractivity contribution in [3.8, 4) is 0 Å². The van der Waals surface area contributed by atoms with Crippen LogP contribution in [0.15, 0.2) is 18.3 Å². The lowest BCUT2D eigenvalue weighted by Gasteiger charge is -2.14. The van der Waals surface area contributed by atoms with Gasteiger partial charge < -0.3 is 15.0 Å². The lowest BCUT2D eigenvalue weighted by Crippen LogP contribution is -2.31. The predicted octanol–water partition coefficient (Wildman–Crippen LogP) is 1.37. The summed E-state index contributed by atoms with van der Waals surface area (Å²) in [4.78, 5) is 0. The molecule has 0 saturated carbocycles. The summed E-state index contributed by atoms with van der Waals surface area (Å²) in [6.45, 7) is 6.25. The Labute approximate surface area is 85.7 Å². The molecule has 0 aliphatic rings. The molecule has 0 radical (unpaired) electrons. The zero-order valence-electron chi connectivity index (χ0n) is 9.03. The minimum Gasteiger partial charge on any atom is -0.395 e. The van der Waals surface area contributed by atoms with Gasteiger partial charge in [0.2, 0.25) is 0 Å². The van der Waals surface area contributed by atoms with Gasteiger partial charge in [-0.2, -0.15) is 0 Å². The van der Waals surface area contributed by atoms with Crippen LogP contribution in [0, 0.1) is 0 Å². The lowest BCUT2D eigenvalue weighted by atomic mass is 10.2. The summed E-state index contributed by atoms with van der Waals surface area (Å²) >= 11 is 0. The normalized spacial score (nSPS) is 13.1. The SMILES string of the molecule is CC[C@@H](CO)NCc1cccn1CC. The first-order valence-corrected chi connectivity index (χ1v) is 5.30. The molecule has 3 heteroatoms. The first-order valence-electron chi connectivity index (χ1n) is 5.30. The number of nitrogens with one attached hydrogen (secondary N) is 1. The quantitative estimate of drug-likeness (QED) is 0.721. The molecule has 1 atom stereocenters. The van der Waals surface area contributed by atoms with Crippen LogP contribution in [0.3, 0.4) is 0 Å². The standard InChI is InChI=1S/C11H20N2O/c1-3-10(9-14)12-8-11-6-5-7-13(11)4-2/h5-7,10,12,14H,3-4,8-9H2,1-2H3/t10-/m0/s1. The number of aromatic nitrogens is 1. The van der Waals surface area contributed by atoms with Gasteiger partial charge in [0.1, 0.15) is 0 Å². The Hall–Kier alpha value is -0.800. The van der Waals surface area contributed by atoms with Crippen LogP contribution in [0.4, 0.5) is 0 Å². The zero-order chi connectivity index (χ0) is 10.4. The van der Waals surface area contributed by atoms with Crippen LogP contribution in [0.5, 0.6) is 0 Å². The second-order valence-corrected chi connectivity index (χ2v) is 3.45. The fourth-order valence-electron chi connectivity index (χ4n) is 1.51. The molecule has 0 fully saturated rings. The first kappa shape index (κ1) is 11.3. The summed E-state index contributed by atoms with van der Waals surface area (Å²) in [5.41, 5.74) is 1.28. The molecule has 0 unspecified atom stereocenters. The van der Waals surface area contributed by atoms with Gasteiger partial charge in [-0.3, -0.25) is 0 Å². The van der Waals surface area contributed by atoms with E-state index in [1.807, 2.05) is 0 Å². The number of aliphatic hydroxyl groups is 1. The highest BCUT2D eigenvalue weighted by Gasteiger charge is 2.04. The highest BCUT2D eigenvalue weighted by atomic mass is 16.3. The summed E-state index contributed by atoms with van der Waals surface area (Å²) in [5.74, 6) is 0. The van der Waals surface area contributed by atoms with Crippen molar-refractivity contribution in [3.63, 3.8) is 0 Å². The number of aryl methyl sites for hydroxylation is 1. The van der Waals surface area contributed by atoms with E-state index in [9.17, 15) is 0 Å². The van der Waals surface area contributed by atoms with Crippen LogP contribution in [-0.2, 0) is 13.1 Å². The van der Waals surface area contributed by atoms with Crippen LogP contribution in [-0.4, -0.2) is 22.3 Å². The van der Waals surface area contributed by atoms with E-state index < -0.39 is 0 Å². The second kappa shape index (κ2) is 5.83. The van der Waals surface area contributed by atoms with Crippen LogP contribution < -0.4 is 5.32 Å². The third-order valence-corrected chi connectivity index (χ3v) is 2.55. The highest BCUT2D eigenvalue weighted by Crippen LogP contribution is 2.02. The van der Waals surface area contributed by atoms with Gasteiger partial charge in [-0.1, -0.05) is 6.92 Å². The average molecular weight is 196 g/mol. The average Bonchev–Trinajstić information content (AvgIpc) is 2.67. The number of hydrogen-bond donors (Lipinski definition) is 2. The molecule has 2 N–H and O–H groups in total. The monoisotopic (exact) mass is 196 g/mol. The minimum atomic E-state index is 0.212. The smallest absolute Gasteiger partial charge is 0.0584 e. The molecular weight excluding hydrogens is 176 g/mol. The Bertz CT molecular complexity index is 254. The van der Waals surface area contributed by atoms with Crippen molar-refractivity contribution >= 4 is 0 Å². The second-order valence-electron chi connectivity index (χ2n) is 3.45. The van der Waals surface area contributed by atoms with E-state index in [4.69, 9.17) is 5.11 Å². The van der Waals surface area contributed by atoms with Gasteiger partial charge in [0.15, 0.2) is 0 Å². The molecule has 1 rings (SSSR count). The lowest BCUT2D eigenvalue weighted by molar-refractivity contribution is 0.237. The van der Waals surface area contributed by atoms with Crippen molar-refractivity contribution < 1.29 is 5.11 Å². The third kappa shape index (κ3) is 2.86. The molecule has 0 saturated heterocycles. The van der Waals surface area contributed by atoms with E-state index >= 15 is 0 Å². The van der Waals surface area contributed by atoms with Gasteiger partial charge in [-0.25, -0.2) is 0 Å². The third-order valence-electron chi connectivity index (χ3n) is 2.55. The summed E-state index contributed by atoms with van der Waals surface area (Å²) in [7, 11) is 0. The molecule has 0 spiro atoms. The molecule has 0 bridgehead atoms. The van der Waals surface area contributed by atoms with Crippen LogP contribution in [0.2, 0.25) is 0 Å². The molecule has 0 aromatic carbocycles. The summed E-state index contributed by atoms with van der Waals surface area (Å²) in [5, 5.41) is 12.3. The summed E-state index contributed by atoms with van der Waals surface area (Å²) in [6.07, 6.45) is 3.04. The maximum Gasteiger partial charge on any atom is 0.0584 e. The summed E-state index contributed by atoms with van der Waals surface area (Å²) < 4.78 is 2.21. The van der Waals surface area contributed by atoms with Crippen LogP contribution in [0.1, 0.15) is 26.0 Å². The highest BCUT2D eigenvalue weighted by molar-refractivity contribution is 5.06. The Morgan fingerprint density at radius 3 is 2.86 bits per heavy atom. The predicted molar refractivity (Wildman–Crippen MR) is 58.1 cm³/mol. The van der Waals surface area contributed by atoms with E-state index in [-0.39, 0.29) is 12.6 Å². The minimum absolute atomic E-state index is 0.212. The summed E-state index contributed by atoms with van der Waals surface area (Å²) in [6, 6.07) is 4.39. The molecule has 0 aliphatic carbocycles. The maximum atomic E-state index is 9.01. The van der Waals surface area contributed by atoms with Crippen molar-refractivity contribution in [1.29, 1.82) is 0 Å². The van der Waals surface area contributed by atoms with Gasteiger partial charge in [-0.15, -0.1) is 0 Å². The van der Waals surface area contributed by atoms with E-state index in [1.165, 1.54) is 5.69 Å². The molecule has 14 heavy (non-hydrogen) atoms. The molecule has 1 heterocycles. The van der Waals surface area contributed by atoms with Crippen molar-refractivity contribution in [2.75, 3.05) is 6.61 Å². The molecule has 3 nitrogen and oxygen atoms in total. The number of aliphatic hydroxyl groups excluding tert-OH is 1. The van der Waals surface area contributed by atoms with Crippen molar-refractivity contribution in [2.45, 2.75) is 39.4 Å². The van der Waals surface area contributed by atoms with Gasteiger partial charge in [0, 0.05) is 31.0 Å². The van der Waals surface area contributed by atoms with Crippen LogP contribution >= 0.6 is 0 Å². The van der Waals surface area contributed by atoms with Crippen LogP contribution in [0.25, 0.3) is 0 Å². The number of rotatable bonds is 6. The maximum absolute atomic E-state index is 9.01. The molecule has 0 aliphatic heterocycles. The van der Waals surface area contributed by atoms with E-state index in [0.717, 1.165) is 19.5 Å². The van der Waals surface area contributed by atoms with E-state index in [1.54, 1.807) is 0 Å². The number of nitrogens with zero attached hydrogens (tertiary/aromatic N) is 1. The van der Waals surface area contributed by atoms with Gasteiger partial charge in [0.05, 0.1) is 6.61 Å². The Kier molecular flexibility index (Phi) is 4.70. The molecule has 1 aromatic rings. The first-order chi connectivity index (χ1) is 6.81. The molecular formula is C11H20N2O. The Morgan fingerprint density at radius 2 is 2.29 bits per heavy atom. The van der Waals surface area contributed by atoms with Crippen molar-refractivity contribution in [3.05, 3.63) is 24.0 Å². The topological polar surface area (TPSA) is 37.2 Å². The largest absolute Gasteiger partial charge is 0.395 e. The van der Waals surface area contributed by atoms with E-state index in [2.05, 4.69) is 42.1 Å². The van der Waals surface area contributed by atoms with Crippen molar-refractivity contribution in [2.24, 2.45) is 0 Å². The van der Waals surface area contributed by atoms with Crippen molar-refractivity contribution in [1.82, 2.24) is 9.88 Å². The Balaban J connectivity index is 2.44. The zero-order valence-corrected chi connectivity index (χ0v) is 9.03. The fraction of sp³-hybridized carbons (Fsp3) is 0.636. The Morgan fingerprint density at radius 1 is 1.50 bits per heavy atom. The number of hydrogen-bond acceptors (Lipinski definition) is 2. The molecule has 80 valence electrons. The van der Waals surface area contributed by atoms with E-state index in [0.29, 0.717) is 0 Å². The molecule has 1 aromatic heterocycles. The van der Waals surface area contributed by atoms with Gasteiger partial charge in [-0.05, 0) is 25.5 Å². The van der Waals surface area contributed by atoms with Gasteiger partial charge in [0.25, 0.3) is 0 Å². The molecule has 0 amide bonds. The van der Waals surface area contributed by atoms with Gasteiger partial charge >= 0.3 is 0 Å².